The van der Waals surface area contributed by atoms with Crippen LogP contribution in [0.5, 0.6) is 0 Å². The summed E-state index contributed by atoms with van der Waals surface area (Å²) in [6.45, 7) is -0.392. The molecule has 0 aromatic rings. The first-order valence-electron chi connectivity index (χ1n) is 3.22. The lowest BCUT2D eigenvalue weighted by Crippen LogP contribution is -2.33. The summed E-state index contributed by atoms with van der Waals surface area (Å²) in [5.74, 6) is 0. The molecule has 1 aliphatic rings. The molecule has 1 saturated heterocycles. The second kappa shape index (κ2) is 3.15. The van der Waals surface area contributed by atoms with Crippen LogP contribution in [0.1, 0.15) is 0 Å². The fourth-order valence-corrected chi connectivity index (χ4v) is 1.01. The summed E-state index contributed by atoms with van der Waals surface area (Å²) in [4.78, 5) is 0. The molecule has 1 heterocycles. The molecule has 5 heteroatoms. The first-order chi connectivity index (χ1) is 5.20. The summed E-state index contributed by atoms with van der Waals surface area (Å²) in [7, 11) is 0. The van der Waals surface area contributed by atoms with Crippen LogP contribution in [0.25, 0.3) is 0 Å². The third kappa shape index (κ3) is 1.34. The minimum Gasteiger partial charge on any atom is -0.394 e. The molecule has 0 bridgehead atoms. The van der Waals surface area contributed by atoms with Crippen LogP contribution in [0.4, 0.5) is 0 Å². The zero-order chi connectivity index (χ0) is 8.43. The van der Waals surface area contributed by atoms with Crippen LogP contribution in [0.2, 0.25) is 0 Å². The molecule has 5 nitrogen and oxygen atoms in total. The van der Waals surface area contributed by atoms with Crippen molar-refractivity contribution in [1.82, 2.24) is 0 Å². The SMILES string of the molecule is N#C[C@H]1O[C@H](CO)[C@@H](O)[C@H]1O. The summed E-state index contributed by atoms with van der Waals surface area (Å²) in [5.41, 5.74) is 0. The number of aliphatic hydroxyl groups excluding tert-OH is 3. The zero-order valence-electron chi connectivity index (χ0n) is 5.71. The fourth-order valence-electron chi connectivity index (χ4n) is 1.01. The molecular formula is C6H9NO4. The van der Waals surface area contributed by atoms with E-state index >= 15 is 0 Å². The van der Waals surface area contributed by atoms with Crippen molar-refractivity contribution >= 4 is 0 Å². The van der Waals surface area contributed by atoms with Gasteiger partial charge in [0.1, 0.15) is 18.3 Å². The lowest BCUT2D eigenvalue weighted by molar-refractivity contribution is -0.0113. The van der Waals surface area contributed by atoms with Gasteiger partial charge in [-0.25, -0.2) is 0 Å². The molecule has 0 unspecified atom stereocenters. The van der Waals surface area contributed by atoms with Gasteiger partial charge in [0.15, 0.2) is 6.10 Å². The highest BCUT2D eigenvalue weighted by molar-refractivity contribution is 5.01. The van der Waals surface area contributed by atoms with Crippen molar-refractivity contribution in [3.05, 3.63) is 0 Å². The van der Waals surface area contributed by atoms with Gasteiger partial charge in [-0.3, -0.25) is 0 Å². The Bertz CT molecular complexity index is 178. The van der Waals surface area contributed by atoms with Crippen molar-refractivity contribution in [1.29, 1.82) is 5.26 Å². The van der Waals surface area contributed by atoms with E-state index in [1.165, 1.54) is 0 Å². The summed E-state index contributed by atoms with van der Waals surface area (Å²) < 4.78 is 4.77. The van der Waals surface area contributed by atoms with Crippen LogP contribution in [-0.2, 0) is 4.74 Å². The van der Waals surface area contributed by atoms with Gasteiger partial charge in [-0.15, -0.1) is 0 Å². The van der Waals surface area contributed by atoms with E-state index in [2.05, 4.69) is 0 Å². The number of nitrogens with zero attached hydrogens (tertiary/aromatic N) is 1. The Hall–Kier alpha value is -0.670. The number of ether oxygens (including phenoxy) is 1. The van der Waals surface area contributed by atoms with Crippen molar-refractivity contribution in [3.8, 4) is 6.07 Å². The van der Waals surface area contributed by atoms with Crippen LogP contribution in [0.15, 0.2) is 0 Å². The van der Waals surface area contributed by atoms with Crippen molar-refractivity contribution < 1.29 is 20.1 Å². The Balaban J connectivity index is 2.62. The van der Waals surface area contributed by atoms with Crippen LogP contribution < -0.4 is 0 Å². The minimum atomic E-state index is -1.21. The average Bonchev–Trinajstić information content (AvgIpc) is 2.30. The largest absolute Gasteiger partial charge is 0.394 e. The molecule has 0 spiro atoms. The lowest BCUT2D eigenvalue weighted by Gasteiger charge is -2.09. The fraction of sp³-hybridized carbons (Fsp3) is 0.833. The van der Waals surface area contributed by atoms with E-state index in [9.17, 15) is 0 Å². The Morgan fingerprint density at radius 1 is 1.36 bits per heavy atom. The highest BCUT2D eigenvalue weighted by Gasteiger charge is 2.42. The summed E-state index contributed by atoms with van der Waals surface area (Å²) in [6, 6.07) is 1.67. The predicted octanol–water partition coefficient (Wildman–Crippen LogP) is -2.01. The molecule has 3 N–H and O–H groups in total. The highest BCUT2D eigenvalue weighted by atomic mass is 16.6. The summed E-state index contributed by atoms with van der Waals surface area (Å²) in [6.07, 6.45) is -4.24. The van der Waals surface area contributed by atoms with Crippen LogP contribution in [0.3, 0.4) is 0 Å². The molecule has 11 heavy (non-hydrogen) atoms. The molecule has 0 amide bonds. The van der Waals surface area contributed by atoms with Crippen molar-refractivity contribution in [2.45, 2.75) is 24.4 Å². The van der Waals surface area contributed by atoms with Gasteiger partial charge in [0.2, 0.25) is 0 Å². The lowest BCUT2D eigenvalue weighted by atomic mass is 10.1. The first kappa shape index (κ1) is 8.43. The second-order valence-corrected chi connectivity index (χ2v) is 2.39. The third-order valence-corrected chi connectivity index (χ3v) is 1.67. The molecular weight excluding hydrogens is 150 g/mol. The van der Waals surface area contributed by atoms with E-state index in [-0.39, 0.29) is 0 Å². The van der Waals surface area contributed by atoms with Gasteiger partial charge in [0, 0.05) is 0 Å². The molecule has 1 fully saturated rings. The van der Waals surface area contributed by atoms with Crippen LogP contribution in [0, 0.1) is 11.3 Å². The number of rotatable bonds is 1. The van der Waals surface area contributed by atoms with Gasteiger partial charge in [0.25, 0.3) is 0 Å². The Kier molecular flexibility index (Phi) is 2.42. The number of nitriles is 1. The van der Waals surface area contributed by atoms with E-state index in [1.807, 2.05) is 0 Å². The van der Waals surface area contributed by atoms with Crippen molar-refractivity contribution in [2.75, 3.05) is 6.61 Å². The van der Waals surface area contributed by atoms with E-state index in [0.29, 0.717) is 0 Å². The minimum absolute atomic E-state index is 0.392. The maximum Gasteiger partial charge on any atom is 0.172 e. The van der Waals surface area contributed by atoms with Crippen molar-refractivity contribution in [2.24, 2.45) is 0 Å². The van der Waals surface area contributed by atoms with Gasteiger partial charge in [-0.1, -0.05) is 0 Å². The second-order valence-electron chi connectivity index (χ2n) is 2.39. The Morgan fingerprint density at radius 3 is 2.27 bits per heavy atom. The molecule has 1 rings (SSSR count). The molecule has 0 aliphatic carbocycles. The van der Waals surface area contributed by atoms with E-state index < -0.39 is 31.0 Å². The maximum atomic E-state index is 9.07. The molecule has 0 aromatic heterocycles. The summed E-state index contributed by atoms with van der Waals surface area (Å²) in [5, 5.41) is 35.0. The molecule has 0 saturated carbocycles. The normalized spacial score (nSPS) is 43.8. The van der Waals surface area contributed by atoms with E-state index in [1.54, 1.807) is 6.07 Å². The quantitative estimate of drug-likeness (QED) is 0.411. The Morgan fingerprint density at radius 2 is 2.00 bits per heavy atom. The summed E-state index contributed by atoms with van der Waals surface area (Å²) >= 11 is 0. The maximum absolute atomic E-state index is 9.07. The Labute approximate surface area is 63.4 Å². The van der Waals surface area contributed by atoms with E-state index in [4.69, 9.17) is 25.3 Å². The van der Waals surface area contributed by atoms with Gasteiger partial charge >= 0.3 is 0 Å². The van der Waals surface area contributed by atoms with E-state index in [0.717, 1.165) is 0 Å². The molecule has 0 aromatic carbocycles. The van der Waals surface area contributed by atoms with Gasteiger partial charge < -0.3 is 20.1 Å². The van der Waals surface area contributed by atoms with Crippen LogP contribution >= 0.6 is 0 Å². The van der Waals surface area contributed by atoms with Gasteiger partial charge in [0.05, 0.1) is 12.7 Å². The molecule has 4 atom stereocenters. The predicted molar refractivity (Wildman–Crippen MR) is 33.4 cm³/mol. The monoisotopic (exact) mass is 159 g/mol. The standard InChI is InChI=1S/C6H9NO4/c7-1-3-5(9)6(10)4(2-8)11-3/h3-6,8-10H,2H2/t3-,4-,5+,6-/m1/s1. The molecule has 0 radical (unpaired) electrons. The molecule has 1 aliphatic heterocycles. The zero-order valence-corrected chi connectivity index (χ0v) is 5.71. The van der Waals surface area contributed by atoms with Gasteiger partial charge in [-0.05, 0) is 0 Å². The highest BCUT2D eigenvalue weighted by Crippen LogP contribution is 2.19. The van der Waals surface area contributed by atoms with Gasteiger partial charge in [-0.2, -0.15) is 5.26 Å². The number of hydrogen-bond acceptors (Lipinski definition) is 5. The smallest absolute Gasteiger partial charge is 0.172 e. The molecule has 62 valence electrons. The average molecular weight is 159 g/mol. The first-order valence-corrected chi connectivity index (χ1v) is 3.22. The number of aliphatic hydroxyl groups is 3. The van der Waals surface area contributed by atoms with Crippen LogP contribution in [-0.4, -0.2) is 46.3 Å². The van der Waals surface area contributed by atoms with Crippen molar-refractivity contribution in [3.63, 3.8) is 0 Å². The number of hydrogen-bond donors (Lipinski definition) is 3. The topological polar surface area (TPSA) is 93.7 Å². The third-order valence-electron chi connectivity index (χ3n) is 1.67.